The maximum Gasteiger partial charge on any atom is 0.329 e. The van der Waals surface area contributed by atoms with Crippen molar-refractivity contribution in [3.8, 4) is 0 Å². The number of nitrogens with zero attached hydrogens (tertiary/aromatic N) is 2. The lowest BCUT2D eigenvalue weighted by Gasteiger charge is -2.07. The van der Waals surface area contributed by atoms with Crippen LogP contribution in [0, 0.1) is 13.8 Å². The maximum absolute atomic E-state index is 11.7. The van der Waals surface area contributed by atoms with Gasteiger partial charge in [0, 0.05) is 0 Å². The largest absolute Gasteiger partial charge is 0.437 e. The number of ether oxygens (including phenoxy) is 2. The first kappa shape index (κ1) is 15.1. The van der Waals surface area contributed by atoms with E-state index in [4.69, 9.17) is 15.2 Å². The van der Waals surface area contributed by atoms with Crippen LogP contribution in [0.15, 0.2) is 30.3 Å². The Labute approximate surface area is 123 Å². The topological polar surface area (TPSA) is 79.4 Å². The van der Waals surface area contributed by atoms with Gasteiger partial charge in [-0.1, -0.05) is 30.3 Å². The molecule has 0 aliphatic carbocycles. The van der Waals surface area contributed by atoms with E-state index in [1.54, 1.807) is 6.92 Å². The van der Waals surface area contributed by atoms with Crippen molar-refractivity contribution in [3.63, 3.8) is 0 Å². The summed E-state index contributed by atoms with van der Waals surface area (Å²) in [5.41, 5.74) is 8.90. The maximum atomic E-state index is 11.7. The zero-order chi connectivity index (χ0) is 15.2. The normalized spacial score (nSPS) is 10.6. The van der Waals surface area contributed by atoms with Crippen LogP contribution in [-0.4, -0.2) is 22.5 Å². The van der Waals surface area contributed by atoms with Gasteiger partial charge < -0.3 is 15.2 Å². The van der Waals surface area contributed by atoms with Gasteiger partial charge in [-0.2, -0.15) is 5.10 Å². The molecule has 0 amide bonds. The number of aryl methyl sites for hydroxylation is 1. The van der Waals surface area contributed by atoms with Crippen LogP contribution in [0.4, 0.5) is 5.69 Å². The van der Waals surface area contributed by atoms with E-state index < -0.39 is 5.97 Å². The number of benzene rings is 1. The predicted molar refractivity (Wildman–Crippen MR) is 78.3 cm³/mol. The molecule has 2 rings (SSSR count). The highest BCUT2D eigenvalue weighted by Gasteiger charge is 2.12. The second-order valence-corrected chi connectivity index (χ2v) is 4.71. The van der Waals surface area contributed by atoms with Crippen molar-refractivity contribution in [1.82, 2.24) is 9.78 Å². The number of nitrogen functional groups attached to an aromatic ring is 1. The molecule has 2 aromatic rings. The summed E-state index contributed by atoms with van der Waals surface area (Å²) in [6.07, 6.45) is 0. The van der Waals surface area contributed by atoms with Gasteiger partial charge in [0.2, 0.25) is 0 Å². The Morgan fingerprint density at radius 2 is 2.00 bits per heavy atom. The molecule has 0 saturated carbocycles. The molecule has 0 saturated heterocycles. The van der Waals surface area contributed by atoms with E-state index in [9.17, 15) is 4.79 Å². The summed E-state index contributed by atoms with van der Waals surface area (Å²) < 4.78 is 11.8. The SMILES string of the molecule is Cc1nn(CC(=O)OCOCc2ccccc2)c(C)c1N. The Kier molecular flexibility index (Phi) is 4.94. The summed E-state index contributed by atoms with van der Waals surface area (Å²) in [6, 6.07) is 9.68. The van der Waals surface area contributed by atoms with Crippen molar-refractivity contribution in [2.24, 2.45) is 0 Å². The number of hydrogen-bond acceptors (Lipinski definition) is 5. The van der Waals surface area contributed by atoms with Crippen molar-refractivity contribution in [2.45, 2.75) is 27.0 Å². The summed E-state index contributed by atoms with van der Waals surface area (Å²) in [5.74, 6) is -0.409. The van der Waals surface area contributed by atoms with E-state index in [-0.39, 0.29) is 13.3 Å². The Balaban J connectivity index is 1.74. The van der Waals surface area contributed by atoms with E-state index in [0.717, 1.165) is 11.3 Å². The Morgan fingerprint density at radius 1 is 1.29 bits per heavy atom. The molecule has 0 atom stereocenters. The summed E-state index contributed by atoms with van der Waals surface area (Å²) in [6.45, 7) is 3.96. The van der Waals surface area contributed by atoms with Crippen molar-refractivity contribution < 1.29 is 14.3 Å². The van der Waals surface area contributed by atoms with Crippen LogP contribution in [0.25, 0.3) is 0 Å². The second-order valence-electron chi connectivity index (χ2n) is 4.71. The Bertz CT molecular complexity index is 608. The molecule has 0 aliphatic heterocycles. The van der Waals surface area contributed by atoms with Crippen LogP contribution < -0.4 is 5.73 Å². The van der Waals surface area contributed by atoms with Gasteiger partial charge in [0.25, 0.3) is 0 Å². The number of anilines is 1. The van der Waals surface area contributed by atoms with Crippen LogP contribution in [-0.2, 0) is 27.4 Å². The molecule has 0 aliphatic rings. The molecule has 0 bridgehead atoms. The van der Waals surface area contributed by atoms with Crippen LogP contribution in [0.2, 0.25) is 0 Å². The van der Waals surface area contributed by atoms with E-state index in [0.29, 0.717) is 18.0 Å². The third-order valence-electron chi connectivity index (χ3n) is 3.13. The molecule has 0 radical (unpaired) electrons. The van der Waals surface area contributed by atoms with E-state index in [1.807, 2.05) is 37.3 Å². The monoisotopic (exact) mass is 289 g/mol. The van der Waals surface area contributed by atoms with Gasteiger partial charge in [0.1, 0.15) is 6.54 Å². The van der Waals surface area contributed by atoms with E-state index in [1.165, 1.54) is 4.68 Å². The molecule has 1 aromatic heterocycles. The molecule has 0 fully saturated rings. The molecule has 2 N–H and O–H groups in total. The fraction of sp³-hybridized carbons (Fsp3) is 0.333. The van der Waals surface area contributed by atoms with Crippen molar-refractivity contribution in [3.05, 3.63) is 47.3 Å². The molecule has 6 heteroatoms. The van der Waals surface area contributed by atoms with Crippen LogP contribution >= 0.6 is 0 Å². The van der Waals surface area contributed by atoms with Crippen molar-refractivity contribution in [2.75, 3.05) is 12.5 Å². The summed E-state index contributed by atoms with van der Waals surface area (Å²) in [5, 5.41) is 4.18. The van der Waals surface area contributed by atoms with Crippen LogP contribution in [0.1, 0.15) is 17.0 Å². The van der Waals surface area contributed by atoms with E-state index in [2.05, 4.69) is 5.10 Å². The quantitative estimate of drug-likeness (QED) is 0.498. The first-order valence-corrected chi connectivity index (χ1v) is 6.64. The smallest absolute Gasteiger partial charge is 0.329 e. The zero-order valence-electron chi connectivity index (χ0n) is 12.2. The number of esters is 1. The highest BCUT2D eigenvalue weighted by atomic mass is 16.7. The van der Waals surface area contributed by atoms with Gasteiger partial charge in [-0.25, -0.2) is 4.79 Å². The van der Waals surface area contributed by atoms with Gasteiger partial charge in [0.05, 0.1) is 23.7 Å². The van der Waals surface area contributed by atoms with Crippen LogP contribution in [0.5, 0.6) is 0 Å². The van der Waals surface area contributed by atoms with Crippen molar-refractivity contribution in [1.29, 1.82) is 0 Å². The Hall–Kier alpha value is -2.34. The number of carbonyl (C=O) groups excluding carboxylic acids is 1. The standard InChI is InChI=1S/C15H19N3O3/c1-11-15(16)12(2)18(17-11)8-14(19)21-10-20-9-13-6-4-3-5-7-13/h3-7H,8-10,16H2,1-2H3. The summed E-state index contributed by atoms with van der Waals surface area (Å²) >= 11 is 0. The molecule has 0 unspecified atom stereocenters. The average Bonchev–Trinajstić information content (AvgIpc) is 2.72. The summed E-state index contributed by atoms with van der Waals surface area (Å²) in [7, 11) is 0. The number of hydrogen-bond donors (Lipinski definition) is 1. The zero-order valence-corrected chi connectivity index (χ0v) is 12.2. The average molecular weight is 289 g/mol. The minimum atomic E-state index is -0.409. The third kappa shape index (κ3) is 4.06. The lowest BCUT2D eigenvalue weighted by atomic mass is 10.2. The highest BCUT2D eigenvalue weighted by Crippen LogP contribution is 2.14. The number of carbonyl (C=O) groups is 1. The molecule has 1 heterocycles. The highest BCUT2D eigenvalue weighted by molar-refractivity contribution is 5.69. The minimum absolute atomic E-state index is 0.0264. The second kappa shape index (κ2) is 6.90. The first-order chi connectivity index (χ1) is 10.1. The van der Waals surface area contributed by atoms with Gasteiger partial charge in [0.15, 0.2) is 6.79 Å². The number of nitrogens with two attached hydrogens (primary N) is 1. The minimum Gasteiger partial charge on any atom is -0.437 e. The number of aromatic nitrogens is 2. The molecule has 1 aromatic carbocycles. The molecule has 0 spiro atoms. The third-order valence-corrected chi connectivity index (χ3v) is 3.13. The van der Waals surface area contributed by atoms with Gasteiger partial charge in [-0.3, -0.25) is 4.68 Å². The summed E-state index contributed by atoms with van der Waals surface area (Å²) in [4.78, 5) is 11.7. The molecule has 112 valence electrons. The first-order valence-electron chi connectivity index (χ1n) is 6.64. The number of rotatable bonds is 6. The van der Waals surface area contributed by atoms with E-state index >= 15 is 0 Å². The fourth-order valence-corrected chi connectivity index (χ4v) is 1.87. The molecular weight excluding hydrogens is 270 g/mol. The van der Waals surface area contributed by atoms with Crippen molar-refractivity contribution >= 4 is 11.7 Å². The predicted octanol–water partition coefficient (Wildman–Crippen LogP) is 1.80. The fourth-order valence-electron chi connectivity index (χ4n) is 1.87. The van der Waals surface area contributed by atoms with Gasteiger partial charge in [-0.15, -0.1) is 0 Å². The van der Waals surface area contributed by atoms with Crippen LogP contribution in [0.3, 0.4) is 0 Å². The van der Waals surface area contributed by atoms with Gasteiger partial charge >= 0.3 is 5.97 Å². The lowest BCUT2D eigenvalue weighted by Crippen LogP contribution is -2.17. The molecular formula is C15H19N3O3. The lowest BCUT2D eigenvalue weighted by molar-refractivity contribution is -0.158. The molecule has 6 nitrogen and oxygen atoms in total. The molecule has 21 heavy (non-hydrogen) atoms. The Morgan fingerprint density at radius 3 is 2.62 bits per heavy atom. The van der Waals surface area contributed by atoms with Gasteiger partial charge in [-0.05, 0) is 19.4 Å².